The van der Waals surface area contributed by atoms with Gasteiger partial charge in [0.15, 0.2) is 0 Å². The molecule has 0 saturated heterocycles. The number of nitrogens with one attached hydrogen (secondary N) is 1. The molecule has 0 spiro atoms. The molecule has 1 aromatic heterocycles. The first kappa shape index (κ1) is 17.3. The Labute approximate surface area is 150 Å². The normalized spacial score (nSPS) is 10.5. The summed E-state index contributed by atoms with van der Waals surface area (Å²) >= 11 is 0. The average molecular weight is 350 g/mol. The molecule has 0 atom stereocenters. The zero-order valence-corrected chi connectivity index (χ0v) is 14.3. The Hall–Kier alpha value is -3.48. The summed E-state index contributed by atoms with van der Waals surface area (Å²) in [7, 11) is 0. The Balaban J connectivity index is 1.62. The topological polar surface area (TPSA) is 90.1 Å². The number of carbonyl (C=O) groups is 1. The van der Waals surface area contributed by atoms with Crippen molar-refractivity contribution >= 4 is 17.3 Å². The van der Waals surface area contributed by atoms with Crippen molar-refractivity contribution in [1.29, 1.82) is 0 Å². The van der Waals surface area contributed by atoms with Crippen molar-refractivity contribution in [3.8, 4) is 0 Å². The van der Waals surface area contributed by atoms with Crippen LogP contribution >= 0.6 is 0 Å². The minimum Gasteiger partial charge on any atom is -0.319 e. The highest BCUT2D eigenvalue weighted by Crippen LogP contribution is 2.19. The maximum atomic E-state index is 12.3. The van der Waals surface area contributed by atoms with Gasteiger partial charge in [0.25, 0.3) is 11.6 Å². The van der Waals surface area contributed by atoms with Gasteiger partial charge in [-0.25, -0.2) is 0 Å². The molecule has 7 nitrogen and oxygen atoms in total. The number of rotatable bonds is 6. The van der Waals surface area contributed by atoms with Gasteiger partial charge in [-0.3, -0.25) is 19.6 Å². The summed E-state index contributed by atoms with van der Waals surface area (Å²) in [4.78, 5) is 22.7. The van der Waals surface area contributed by atoms with Crippen molar-refractivity contribution < 1.29 is 9.72 Å². The van der Waals surface area contributed by atoms with E-state index in [1.807, 2.05) is 18.2 Å². The molecule has 0 bridgehead atoms. The van der Waals surface area contributed by atoms with Crippen LogP contribution in [0.5, 0.6) is 0 Å². The van der Waals surface area contributed by atoms with Crippen molar-refractivity contribution in [3.63, 3.8) is 0 Å². The van der Waals surface area contributed by atoms with Gasteiger partial charge < -0.3 is 5.32 Å². The summed E-state index contributed by atoms with van der Waals surface area (Å²) in [5.74, 6) is -0.328. The monoisotopic (exact) mass is 350 g/mol. The van der Waals surface area contributed by atoms with E-state index >= 15 is 0 Å². The van der Waals surface area contributed by atoms with Crippen LogP contribution in [0.1, 0.15) is 21.5 Å². The molecule has 0 aliphatic rings. The number of hydrogen-bond acceptors (Lipinski definition) is 4. The van der Waals surface area contributed by atoms with Crippen molar-refractivity contribution in [1.82, 2.24) is 9.78 Å². The van der Waals surface area contributed by atoms with Gasteiger partial charge in [0.1, 0.15) is 0 Å². The third-order valence-corrected chi connectivity index (χ3v) is 4.02. The van der Waals surface area contributed by atoms with E-state index in [9.17, 15) is 14.9 Å². The van der Waals surface area contributed by atoms with Crippen LogP contribution < -0.4 is 5.32 Å². The quantitative estimate of drug-likeness (QED) is 0.543. The van der Waals surface area contributed by atoms with E-state index in [2.05, 4.69) is 22.5 Å². The van der Waals surface area contributed by atoms with Crippen molar-refractivity contribution in [2.75, 3.05) is 5.32 Å². The number of hydrogen-bond donors (Lipinski definition) is 1. The van der Waals surface area contributed by atoms with Crippen LogP contribution in [-0.4, -0.2) is 20.6 Å². The first-order valence-corrected chi connectivity index (χ1v) is 8.16. The molecule has 0 fully saturated rings. The predicted molar refractivity (Wildman–Crippen MR) is 98.2 cm³/mol. The van der Waals surface area contributed by atoms with E-state index in [4.69, 9.17) is 0 Å². The zero-order valence-electron chi connectivity index (χ0n) is 14.3. The van der Waals surface area contributed by atoms with Gasteiger partial charge in [-0.05, 0) is 31.0 Å². The summed E-state index contributed by atoms with van der Waals surface area (Å²) in [5.41, 5.74) is 2.61. The maximum absolute atomic E-state index is 12.3. The van der Waals surface area contributed by atoms with E-state index in [0.29, 0.717) is 23.4 Å². The molecule has 2 aromatic carbocycles. The van der Waals surface area contributed by atoms with Gasteiger partial charge >= 0.3 is 0 Å². The average Bonchev–Trinajstić information content (AvgIpc) is 3.08. The fourth-order valence-electron chi connectivity index (χ4n) is 2.64. The molecule has 3 rings (SSSR count). The number of benzene rings is 2. The Bertz CT molecular complexity index is 935. The summed E-state index contributed by atoms with van der Waals surface area (Å²) < 4.78 is 1.77. The van der Waals surface area contributed by atoms with Gasteiger partial charge in [-0.2, -0.15) is 5.10 Å². The number of nitrogens with zero attached hydrogens (tertiary/aromatic N) is 3. The highest BCUT2D eigenvalue weighted by Gasteiger charge is 2.14. The minimum absolute atomic E-state index is 0.00437. The molecule has 1 amide bonds. The van der Waals surface area contributed by atoms with Crippen LogP contribution in [0, 0.1) is 17.0 Å². The van der Waals surface area contributed by atoms with Crippen LogP contribution in [0.2, 0.25) is 0 Å². The highest BCUT2D eigenvalue weighted by molar-refractivity contribution is 6.04. The minimum atomic E-state index is -0.464. The molecular weight excluding hydrogens is 332 g/mol. The molecule has 3 aromatic rings. The first-order chi connectivity index (χ1) is 12.5. The fourth-order valence-corrected chi connectivity index (χ4v) is 2.64. The lowest BCUT2D eigenvalue weighted by Gasteiger charge is -2.04. The van der Waals surface area contributed by atoms with Crippen molar-refractivity contribution in [3.05, 3.63) is 87.7 Å². The second-order valence-corrected chi connectivity index (χ2v) is 5.94. The fraction of sp³-hybridized carbons (Fsp3) is 0.158. The molecule has 26 heavy (non-hydrogen) atoms. The van der Waals surface area contributed by atoms with Crippen molar-refractivity contribution in [2.45, 2.75) is 19.9 Å². The highest BCUT2D eigenvalue weighted by atomic mass is 16.6. The van der Waals surface area contributed by atoms with Crippen LogP contribution in [0.4, 0.5) is 11.4 Å². The van der Waals surface area contributed by atoms with Gasteiger partial charge in [-0.15, -0.1) is 0 Å². The number of amides is 1. The van der Waals surface area contributed by atoms with E-state index in [0.717, 1.165) is 6.42 Å². The Morgan fingerprint density at radius 2 is 2.00 bits per heavy atom. The standard InChI is InChI=1S/C19H18N4O3/c1-14-11-16(7-8-18(14)23(25)26)19(24)21-17-12-20-22(13-17)10-9-15-5-3-2-4-6-15/h2-8,11-13H,9-10H2,1H3,(H,21,24). The van der Waals surface area contributed by atoms with Crippen LogP contribution in [0.15, 0.2) is 60.9 Å². The zero-order chi connectivity index (χ0) is 18.5. The first-order valence-electron chi connectivity index (χ1n) is 8.16. The maximum Gasteiger partial charge on any atom is 0.272 e. The second-order valence-electron chi connectivity index (χ2n) is 5.94. The molecule has 0 unspecified atom stereocenters. The van der Waals surface area contributed by atoms with E-state index < -0.39 is 4.92 Å². The van der Waals surface area contributed by atoms with Gasteiger partial charge in [0.05, 0.1) is 16.8 Å². The second kappa shape index (κ2) is 7.60. The molecule has 7 heteroatoms. The number of nitro groups is 1. The van der Waals surface area contributed by atoms with E-state index in [1.54, 1.807) is 24.0 Å². The number of aryl methyl sites for hydroxylation is 3. The van der Waals surface area contributed by atoms with Crippen LogP contribution in [0.25, 0.3) is 0 Å². The van der Waals surface area contributed by atoms with E-state index in [1.165, 1.54) is 23.8 Å². The summed E-state index contributed by atoms with van der Waals surface area (Å²) in [6, 6.07) is 14.4. The Morgan fingerprint density at radius 3 is 2.69 bits per heavy atom. The number of nitro benzene ring substituents is 1. The molecule has 0 saturated carbocycles. The number of anilines is 1. The van der Waals surface area contributed by atoms with Crippen LogP contribution in [-0.2, 0) is 13.0 Å². The van der Waals surface area contributed by atoms with Crippen LogP contribution in [0.3, 0.4) is 0 Å². The molecule has 1 heterocycles. The summed E-state index contributed by atoms with van der Waals surface area (Å²) in [5, 5.41) is 17.9. The smallest absolute Gasteiger partial charge is 0.272 e. The molecule has 0 aliphatic heterocycles. The van der Waals surface area contributed by atoms with Crippen molar-refractivity contribution in [2.24, 2.45) is 0 Å². The lowest BCUT2D eigenvalue weighted by Crippen LogP contribution is -2.12. The molecule has 0 aliphatic carbocycles. The molecule has 132 valence electrons. The Kier molecular flexibility index (Phi) is 5.07. The third-order valence-electron chi connectivity index (χ3n) is 4.02. The molecule has 0 radical (unpaired) electrons. The molecule has 1 N–H and O–H groups in total. The largest absolute Gasteiger partial charge is 0.319 e. The summed E-state index contributed by atoms with van der Waals surface area (Å²) in [6.07, 6.45) is 4.19. The third kappa shape index (κ3) is 4.13. The number of carbonyl (C=O) groups excluding carboxylic acids is 1. The summed E-state index contributed by atoms with van der Waals surface area (Å²) in [6.45, 7) is 2.31. The van der Waals surface area contributed by atoms with Gasteiger partial charge in [-0.1, -0.05) is 30.3 Å². The van der Waals surface area contributed by atoms with Gasteiger partial charge in [0, 0.05) is 29.9 Å². The lowest BCUT2D eigenvalue weighted by molar-refractivity contribution is -0.385. The lowest BCUT2D eigenvalue weighted by atomic mass is 10.1. The molecular formula is C19H18N4O3. The van der Waals surface area contributed by atoms with Gasteiger partial charge in [0.2, 0.25) is 0 Å². The predicted octanol–water partition coefficient (Wildman–Crippen LogP) is 3.59. The Morgan fingerprint density at radius 1 is 1.23 bits per heavy atom. The SMILES string of the molecule is Cc1cc(C(=O)Nc2cnn(CCc3ccccc3)c2)ccc1[N+](=O)[O-]. The number of aromatic nitrogens is 2. The van der Waals surface area contributed by atoms with E-state index in [-0.39, 0.29) is 11.6 Å².